The van der Waals surface area contributed by atoms with Crippen molar-refractivity contribution in [2.45, 2.75) is 6.54 Å². The Kier molecular flexibility index (Phi) is 1.07. The molecule has 0 fully saturated rings. The van der Waals surface area contributed by atoms with Gasteiger partial charge in [0.15, 0.2) is 0 Å². The zero-order chi connectivity index (χ0) is 8.84. The van der Waals surface area contributed by atoms with Crippen LogP contribution in [0.5, 0.6) is 0 Å². The van der Waals surface area contributed by atoms with E-state index in [1.165, 1.54) is 0 Å². The first-order chi connectivity index (χ1) is 6.36. The summed E-state index contributed by atoms with van der Waals surface area (Å²) < 4.78 is 1.62. The van der Waals surface area contributed by atoms with Crippen LogP contribution in [0.4, 0.5) is 4.79 Å². The summed E-state index contributed by atoms with van der Waals surface area (Å²) in [6.45, 7) is 0.535. The van der Waals surface area contributed by atoms with E-state index in [1.807, 2.05) is 24.3 Å². The number of benzene rings is 1. The van der Waals surface area contributed by atoms with Crippen LogP contribution >= 0.6 is 0 Å². The fourth-order valence-electron chi connectivity index (χ4n) is 1.65. The number of carbonyl (C=O) groups excluding carboxylic acids is 1. The van der Waals surface area contributed by atoms with Crippen LogP contribution in [-0.2, 0) is 6.54 Å². The van der Waals surface area contributed by atoms with Gasteiger partial charge in [0.05, 0.1) is 17.6 Å². The molecule has 1 N–H and O–H groups in total. The number of carbonyl (C=O) groups is 1. The van der Waals surface area contributed by atoms with Crippen molar-refractivity contribution >= 4 is 17.1 Å². The van der Waals surface area contributed by atoms with Gasteiger partial charge >= 0.3 is 6.03 Å². The molecule has 13 heavy (non-hydrogen) atoms. The molecule has 0 saturated carbocycles. The largest absolute Gasteiger partial charge is 0.330 e. The highest BCUT2D eigenvalue weighted by molar-refractivity contribution is 5.91. The van der Waals surface area contributed by atoms with E-state index in [4.69, 9.17) is 0 Å². The molecule has 0 unspecified atom stereocenters. The third kappa shape index (κ3) is 0.744. The maximum Gasteiger partial charge on any atom is 0.327 e. The molecule has 1 aliphatic rings. The van der Waals surface area contributed by atoms with Crippen LogP contribution in [0.1, 0.15) is 5.82 Å². The molecule has 0 saturated heterocycles. The Labute approximate surface area is 74.2 Å². The molecule has 1 aromatic carbocycles. The van der Waals surface area contributed by atoms with Crippen molar-refractivity contribution in [1.29, 1.82) is 0 Å². The average molecular weight is 173 g/mol. The second-order valence-corrected chi connectivity index (χ2v) is 3.01. The van der Waals surface area contributed by atoms with Gasteiger partial charge in [-0.3, -0.25) is 0 Å². The Morgan fingerprint density at radius 1 is 1.38 bits per heavy atom. The molecule has 4 nitrogen and oxygen atoms in total. The predicted octanol–water partition coefficient (Wildman–Crippen LogP) is 1.11. The van der Waals surface area contributed by atoms with E-state index in [2.05, 4.69) is 10.3 Å². The van der Waals surface area contributed by atoms with Gasteiger partial charge in [0.1, 0.15) is 5.82 Å². The molecule has 4 heteroatoms. The summed E-state index contributed by atoms with van der Waals surface area (Å²) >= 11 is 0. The maximum atomic E-state index is 11.4. The second-order valence-electron chi connectivity index (χ2n) is 3.01. The quantitative estimate of drug-likeness (QED) is 0.648. The van der Waals surface area contributed by atoms with Crippen LogP contribution in [0, 0.1) is 0 Å². The predicted molar refractivity (Wildman–Crippen MR) is 47.4 cm³/mol. The highest BCUT2D eigenvalue weighted by atomic mass is 16.2. The number of fused-ring (bicyclic) bond motifs is 3. The van der Waals surface area contributed by atoms with E-state index in [1.54, 1.807) is 4.57 Å². The standard InChI is InChI=1S/C9H7N3O/c13-9-10-5-8-11-6-3-1-2-4-7(6)12(8)9/h1-4H,5H2,(H,10,13). The van der Waals surface area contributed by atoms with Gasteiger partial charge in [-0.1, -0.05) is 12.1 Å². The molecule has 0 spiro atoms. The summed E-state index contributed by atoms with van der Waals surface area (Å²) in [6.07, 6.45) is 0. The fourth-order valence-corrected chi connectivity index (χ4v) is 1.65. The highest BCUT2D eigenvalue weighted by Crippen LogP contribution is 2.18. The first-order valence-electron chi connectivity index (χ1n) is 4.11. The van der Waals surface area contributed by atoms with E-state index in [-0.39, 0.29) is 6.03 Å². The van der Waals surface area contributed by atoms with Gasteiger partial charge < -0.3 is 5.32 Å². The lowest BCUT2D eigenvalue weighted by Crippen LogP contribution is -2.17. The van der Waals surface area contributed by atoms with Gasteiger partial charge in [-0.05, 0) is 12.1 Å². The Bertz CT molecular complexity index is 501. The minimum absolute atomic E-state index is 0.0799. The monoisotopic (exact) mass is 173 g/mol. The number of amides is 1. The fraction of sp³-hybridized carbons (Fsp3) is 0.111. The van der Waals surface area contributed by atoms with Gasteiger partial charge in [-0.2, -0.15) is 0 Å². The zero-order valence-electron chi connectivity index (χ0n) is 6.82. The van der Waals surface area contributed by atoms with Crippen LogP contribution < -0.4 is 5.32 Å². The van der Waals surface area contributed by atoms with E-state index >= 15 is 0 Å². The first kappa shape index (κ1) is 6.65. The van der Waals surface area contributed by atoms with Crippen molar-refractivity contribution in [3.63, 3.8) is 0 Å². The second kappa shape index (κ2) is 2.10. The lowest BCUT2D eigenvalue weighted by atomic mass is 10.3. The van der Waals surface area contributed by atoms with Gasteiger partial charge in [0.25, 0.3) is 0 Å². The number of imidazole rings is 1. The number of rotatable bonds is 0. The van der Waals surface area contributed by atoms with Crippen LogP contribution in [0.15, 0.2) is 24.3 Å². The Morgan fingerprint density at radius 3 is 3.15 bits per heavy atom. The third-order valence-corrected chi connectivity index (χ3v) is 2.23. The summed E-state index contributed by atoms with van der Waals surface area (Å²) in [5.74, 6) is 0.797. The first-order valence-corrected chi connectivity index (χ1v) is 4.11. The molecule has 64 valence electrons. The number of hydrogen-bond acceptors (Lipinski definition) is 2. The molecule has 2 heterocycles. The molecule has 2 aromatic rings. The molecule has 0 aliphatic carbocycles. The Balaban J connectivity index is 2.46. The summed E-state index contributed by atoms with van der Waals surface area (Å²) in [6, 6.07) is 7.56. The van der Waals surface area contributed by atoms with Crippen LogP contribution in [0.3, 0.4) is 0 Å². The molecule has 1 aliphatic heterocycles. The topological polar surface area (TPSA) is 46.9 Å². The molecular formula is C9H7N3O. The normalized spacial score (nSPS) is 14.6. The molecule has 0 radical (unpaired) electrons. The van der Waals surface area contributed by atoms with E-state index in [9.17, 15) is 4.79 Å². The van der Waals surface area contributed by atoms with Gasteiger partial charge in [-0.15, -0.1) is 0 Å². The molecule has 1 aromatic heterocycles. The Hall–Kier alpha value is -1.84. The lowest BCUT2D eigenvalue weighted by molar-refractivity contribution is 0.247. The van der Waals surface area contributed by atoms with Crippen LogP contribution in [0.25, 0.3) is 11.0 Å². The summed E-state index contributed by atoms with van der Waals surface area (Å²) in [5, 5.41) is 2.72. The number of nitrogens with zero attached hydrogens (tertiary/aromatic N) is 2. The maximum absolute atomic E-state index is 11.4. The van der Waals surface area contributed by atoms with Gasteiger partial charge in [-0.25, -0.2) is 14.3 Å². The minimum Gasteiger partial charge on any atom is -0.330 e. The number of para-hydroxylation sites is 2. The molecular weight excluding hydrogens is 166 g/mol. The molecule has 0 bridgehead atoms. The van der Waals surface area contributed by atoms with E-state index in [0.29, 0.717) is 6.54 Å². The zero-order valence-corrected chi connectivity index (χ0v) is 6.82. The number of nitrogens with one attached hydrogen (secondary N) is 1. The van der Waals surface area contributed by atoms with Crippen molar-refractivity contribution in [2.24, 2.45) is 0 Å². The summed E-state index contributed by atoms with van der Waals surface area (Å²) in [4.78, 5) is 15.7. The average Bonchev–Trinajstić information content (AvgIpc) is 2.66. The van der Waals surface area contributed by atoms with Crippen LogP contribution in [0.2, 0.25) is 0 Å². The lowest BCUT2D eigenvalue weighted by Gasteiger charge is -1.94. The SMILES string of the molecule is O=C1NCc2nc3ccccc3n21. The number of aromatic nitrogens is 2. The Morgan fingerprint density at radius 2 is 2.23 bits per heavy atom. The molecule has 0 atom stereocenters. The van der Waals surface area contributed by atoms with Crippen molar-refractivity contribution < 1.29 is 4.79 Å². The van der Waals surface area contributed by atoms with Crippen LogP contribution in [-0.4, -0.2) is 15.6 Å². The van der Waals surface area contributed by atoms with Crippen molar-refractivity contribution in [3.05, 3.63) is 30.1 Å². The molecule has 1 amide bonds. The van der Waals surface area contributed by atoms with Gasteiger partial charge in [0.2, 0.25) is 0 Å². The number of hydrogen-bond donors (Lipinski definition) is 1. The van der Waals surface area contributed by atoms with Crippen molar-refractivity contribution in [3.8, 4) is 0 Å². The summed E-state index contributed by atoms with van der Waals surface area (Å²) in [5.41, 5.74) is 1.76. The van der Waals surface area contributed by atoms with Crippen molar-refractivity contribution in [2.75, 3.05) is 0 Å². The highest BCUT2D eigenvalue weighted by Gasteiger charge is 2.21. The smallest absolute Gasteiger partial charge is 0.327 e. The minimum atomic E-state index is -0.0799. The summed E-state index contributed by atoms with van der Waals surface area (Å²) in [7, 11) is 0. The molecule has 3 rings (SSSR count). The van der Waals surface area contributed by atoms with E-state index in [0.717, 1.165) is 16.9 Å². The van der Waals surface area contributed by atoms with Gasteiger partial charge in [0, 0.05) is 0 Å². The third-order valence-electron chi connectivity index (χ3n) is 2.23. The van der Waals surface area contributed by atoms with Crippen molar-refractivity contribution in [1.82, 2.24) is 14.9 Å². The van der Waals surface area contributed by atoms with E-state index < -0.39 is 0 Å².